The molecule has 122 valence electrons. The number of aliphatic hydroxyl groups excluding tert-OH is 1. The highest BCUT2D eigenvalue weighted by atomic mass is 32.1. The molecule has 1 aromatic carbocycles. The van der Waals surface area contributed by atoms with Crippen LogP contribution in [0.1, 0.15) is 42.5 Å². The number of hydrogen-bond acceptors (Lipinski definition) is 4. The van der Waals surface area contributed by atoms with Gasteiger partial charge in [0.15, 0.2) is 0 Å². The third-order valence-electron chi connectivity index (χ3n) is 4.59. The third kappa shape index (κ3) is 3.98. The van der Waals surface area contributed by atoms with Crippen molar-refractivity contribution in [2.24, 2.45) is 5.92 Å². The van der Waals surface area contributed by atoms with E-state index in [2.05, 4.69) is 10.3 Å². The van der Waals surface area contributed by atoms with Gasteiger partial charge in [-0.3, -0.25) is 4.79 Å². The molecule has 1 aliphatic rings. The van der Waals surface area contributed by atoms with Gasteiger partial charge in [0.2, 0.25) is 0 Å². The van der Waals surface area contributed by atoms with Crippen molar-refractivity contribution in [3.63, 3.8) is 0 Å². The molecule has 1 aromatic heterocycles. The fraction of sp³-hybridized carbons (Fsp3) is 0.444. The van der Waals surface area contributed by atoms with E-state index in [0.29, 0.717) is 5.56 Å². The molecule has 1 amide bonds. The Balaban J connectivity index is 1.67. The van der Waals surface area contributed by atoms with E-state index in [4.69, 9.17) is 0 Å². The van der Waals surface area contributed by atoms with E-state index in [1.165, 1.54) is 6.42 Å². The van der Waals surface area contributed by atoms with Gasteiger partial charge in [0.25, 0.3) is 5.91 Å². The molecule has 0 saturated heterocycles. The number of aromatic nitrogens is 1. The first-order valence-corrected chi connectivity index (χ1v) is 9.12. The minimum Gasteiger partial charge on any atom is -0.396 e. The summed E-state index contributed by atoms with van der Waals surface area (Å²) in [6.45, 7) is 0.147. The normalized spacial score (nSPS) is 21.6. The monoisotopic (exact) mass is 330 g/mol. The lowest BCUT2D eigenvalue weighted by molar-refractivity contribution is 0.0899. The van der Waals surface area contributed by atoms with Gasteiger partial charge in [-0.2, -0.15) is 0 Å². The lowest BCUT2D eigenvalue weighted by Crippen LogP contribution is -2.41. The van der Waals surface area contributed by atoms with Crippen LogP contribution in [0.3, 0.4) is 0 Å². The van der Waals surface area contributed by atoms with Gasteiger partial charge in [-0.1, -0.05) is 31.4 Å². The van der Waals surface area contributed by atoms with E-state index in [-0.39, 0.29) is 24.5 Å². The summed E-state index contributed by atoms with van der Waals surface area (Å²) >= 11 is 1.56. The van der Waals surface area contributed by atoms with Gasteiger partial charge in [0, 0.05) is 35.1 Å². The van der Waals surface area contributed by atoms with Gasteiger partial charge < -0.3 is 10.4 Å². The molecule has 0 aliphatic heterocycles. The number of nitrogens with one attached hydrogen (secondary N) is 1. The maximum Gasteiger partial charge on any atom is 0.251 e. The first-order chi connectivity index (χ1) is 11.3. The molecule has 1 aliphatic carbocycles. The minimum atomic E-state index is -0.0554. The largest absolute Gasteiger partial charge is 0.396 e. The van der Waals surface area contributed by atoms with Crippen molar-refractivity contribution >= 4 is 17.2 Å². The number of nitrogens with zero attached hydrogens (tertiary/aromatic N) is 1. The average Bonchev–Trinajstić information content (AvgIpc) is 3.03. The molecule has 3 rings (SSSR count). The SMILES string of the molecule is O=C(NC1CCCCCC1CO)c1ccc(-c2cscn2)cc1. The molecule has 0 bridgehead atoms. The number of thiazole rings is 1. The molecule has 4 nitrogen and oxygen atoms in total. The van der Waals surface area contributed by atoms with Crippen LogP contribution in [0.4, 0.5) is 0 Å². The van der Waals surface area contributed by atoms with Crippen LogP contribution in [0, 0.1) is 5.92 Å². The second-order valence-electron chi connectivity index (χ2n) is 6.11. The van der Waals surface area contributed by atoms with Crippen LogP contribution < -0.4 is 5.32 Å². The Hall–Kier alpha value is -1.72. The number of rotatable bonds is 4. The van der Waals surface area contributed by atoms with Crippen LogP contribution in [0.15, 0.2) is 35.2 Å². The van der Waals surface area contributed by atoms with Crippen LogP contribution >= 0.6 is 11.3 Å². The van der Waals surface area contributed by atoms with E-state index in [0.717, 1.165) is 36.9 Å². The van der Waals surface area contributed by atoms with Crippen molar-refractivity contribution in [2.75, 3.05) is 6.61 Å². The Bertz CT molecular complexity index is 625. The number of amides is 1. The van der Waals surface area contributed by atoms with Crippen LogP contribution in [0.2, 0.25) is 0 Å². The Morgan fingerprint density at radius 3 is 2.70 bits per heavy atom. The van der Waals surface area contributed by atoms with Gasteiger partial charge in [-0.25, -0.2) is 4.98 Å². The highest BCUT2D eigenvalue weighted by Gasteiger charge is 2.24. The van der Waals surface area contributed by atoms with Gasteiger partial charge in [0.05, 0.1) is 11.2 Å². The number of aliphatic hydroxyl groups is 1. The maximum absolute atomic E-state index is 12.5. The number of carbonyl (C=O) groups excluding carboxylic acids is 1. The zero-order valence-corrected chi connectivity index (χ0v) is 13.9. The molecule has 2 N–H and O–H groups in total. The van der Waals surface area contributed by atoms with Crippen molar-refractivity contribution in [3.05, 3.63) is 40.7 Å². The molecule has 23 heavy (non-hydrogen) atoms. The van der Waals surface area contributed by atoms with Crippen molar-refractivity contribution in [1.29, 1.82) is 0 Å². The second kappa shape index (κ2) is 7.70. The first-order valence-electron chi connectivity index (χ1n) is 8.18. The molecule has 1 fully saturated rings. The number of benzene rings is 1. The van der Waals surface area contributed by atoms with Crippen molar-refractivity contribution < 1.29 is 9.90 Å². The summed E-state index contributed by atoms with van der Waals surface area (Å²) in [6.07, 6.45) is 5.38. The Labute approximate surface area is 140 Å². The molecule has 5 heteroatoms. The van der Waals surface area contributed by atoms with E-state index >= 15 is 0 Å². The lowest BCUT2D eigenvalue weighted by atomic mass is 9.95. The van der Waals surface area contributed by atoms with Gasteiger partial charge >= 0.3 is 0 Å². The summed E-state index contributed by atoms with van der Waals surface area (Å²) in [4.78, 5) is 16.8. The zero-order chi connectivity index (χ0) is 16.1. The molecule has 0 spiro atoms. The molecule has 1 heterocycles. The van der Waals surface area contributed by atoms with Crippen LogP contribution in [0.25, 0.3) is 11.3 Å². The number of hydrogen-bond donors (Lipinski definition) is 2. The van der Waals surface area contributed by atoms with Gasteiger partial charge in [0.1, 0.15) is 0 Å². The van der Waals surface area contributed by atoms with E-state index in [1.54, 1.807) is 16.8 Å². The molecule has 2 aromatic rings. The third-order valence-corrected chi connectivity index (χ3v) is 5.17. The quantitative estimate of drug-likeness (QED) is 0.844. The standard InChI is InChI=1S/C18H22N2O2S/c21-10-15-4-2-1-3-5-16(15)20-18(22)14-8-6-13(7-9-14)17-11-23-12-19-17/h6-9,11-12,15-16,21H,1-5,10H2,(H,20,22). The van der Waals surface area contributed by atoms with Crippen LogP contribution in [-0.2, 0) is 0 Å². The Morgan fingerprint density at radius 1 is 1.22 bits per heavy atom. The molecule has 0 radical (unpaired) electrons. The van der Waals surface area contributed by atoms with E-state index in [9.17, 15) is 9.90 Å². The minimum absolute atomic E-state index is 0.0554. The molecule has 2 unspecified atom stereocenters. The van der Waals surface area contributed by atoms with Gasteiger partial charge in [-0.15, -0.1) is 11.3 Å². The zero-order valence-electron chi connectivity index (χ0n) is 13.1. The summed E-state index contributed by atoms with van der Waals surface area (Å²) in [7, 11) is 0. The second-order valence-corrected chi connectivity index (χ2v) is 6.83. The summed E-state index contributed by atoms with van der Waals surface area (Å²) in [5.41, 5.74) is 4.42. The Kier molecular flexibility index (Phi) is 5.41. The summed E-state index contributed by atoms with van der Waals surface area (Å²) in [6, 6.07) is 7.62. The first kappa shape index (κ1) is 16.1. The topological polar surface area (TPSA) is 62.2 Å². The smallest absolute Gasteiger partial charge is 0.251 e. The fourth-order valence-corrected chi connectivity index (χ4v) is 3.75. The van der Waals surface area contributed by atoms with Crippen molar-refractivity contribution in [3.8, 4) is 11.3 Å². The summed E-state index contributed by atoms with van der Waals surface area (Å²) in [5, 5.41) is 14.7. The predicted molar refractivity (Wildman–Crippen MR) is 92.5 cm³/mol. The highest BCUT2D eigenvalue weighted by Crippen LogP contribution is 2.24. The predicted octanol–water partition coefficient (Wildman–Crippen LogP) is 3.48. The lowest BCUT2D eigenvalue weighted by Gasteiger charge is -2.24. The highest BCUT2D eigenvalue weighted by molar-refractivity contribution is 7.07. The fourth-order valence-electron chi connectivity index (χ4n) is 3.19. The molecule has 1 saturated carbocycles. The van der Waals surface area contributed by atoms with Crippen molar-refractivity contribution in [2.45, 2.75) is 38.1 Å². The van der Waals surface area contributed by atoms with E-state index < -0.39 is 0 Å². The molecular weight excluding hydrogens is 308 g/mol. The summed E-state index contributed by atoms with van der Waals surface area (Å²) < 4.78 is 0. The Morgan fingerprint density at radius 2 is 2.00 bits per heavy atom. The molecule has 2 atom stereocenters. The number of carbonyl (C=O) groups is 1. The van der Waals surface area contributed by atoms with Gasteiger partial charge in [-0.05, 0) is 25.0 Å². The van der Waals surface area contributed by atoms with Crippen LogP contribution in [-0.4, -0.2) is 28.6 Å². The summed E-state index contributed by atoms with van der Waals surface area (Å²) in [5.74, 6) is 0.121. The van der Waals surface area contributed by atoms with Crippen molar-refractivity contribution in [1.82, 2.24) is 10.3 Å². The van der Waals surface area contributed by atoms with E-state index in [1.807, 2.05) is 29.6 Å². The average molecular weight is 330 g/mol. The maximum atomic E-state index is 12.5. The van der Waals surface area contributed by atoms with Crippen LogP contribution in [0.5, 0.6) is 0 Å². The molecular formula is C18H22N2O2S.